The van der Waals surface area contributed by atoms with Crippen molar-refractivity contribution < 1.29 is 14.1 Å². The van der Waals surface area contributed by atoms with Gasteiger partial charge in [-0.15, -0.1) is 0 Å². The summed E-state index contributed by atoms with van der Waals surface area (Å²) >= 11 is 0. The van der Waals surface area contributed by atoms with Gasteiger partial charge in [-0.2, -0.15) is 4.98 Å². The Balaban J connectivity index is 1.87. The summed E-state index contributed by atoms with van der Waals surface area (Å²) in [5.41, 5.74) is 1.75. The van der Waals surface area contributed by atoms with E-state index in [-0.39, 0.29) is 11.9 Å². The second-order valence-electron chi connectivity index (χ2n) is 5.58. The summed E-state index contributed by atoms with van der Waals surface area (Å²) in [5.74, 6) is 1.07. The standard InChI is InChI=1S/C15H19N5O3/c1-20(2)13-10(8-16-15(18-13)22-3)17-14(21)12-9-6-4-5-7-11(9)23-19-12/h8H,4-7H2,1-3H3,(H,17,21). The minimum absolute atomic E-state index is 0.241. The van der Waals surface area contributed by atoms with E-state index in [1.54, 1.807) is 4.90 Å². The highest BCUT2D eigenvalue weighted by Gasteiger charge is 2.25. The molecule has 8 heteroatoms. The van der Waals surface area contributed by atoms with Crippen LogP contribution >= 0.6 is 0 Å². The van der Waals surface area contributed by atoms with Crippen molar-refractivity contribution >= 4 is 17.4 Å². The maximum absolute atomic E-state index is 12.5. The Morgan fingerprint density at radius 2 is 2.13 bits per heavy atom. The first-order valence-corrected chi connectivity index (χ1v) is 7.47. The zero-order chi connectivity index (χ0) is 16.4. The summed E-state index contributed by atoms with van der Waals surface area (Å²) in [4.78, 5) is 22.6. The van der Waals surface area contributed by atoms with Crippen LogP contribution in [0, 0.1) is 0 Å². The molecule has 23 heavy (non-hydrogen) atoms. The van der Waals surface area contributed by atoms with Crippen molar-refractivity contribution in [2.75, 3.05) is 31.4 Å². The largest absolute Gasteiger partial charge is 0.467 e. The van der Waals surface area contributed by atoms with Crippen molar-refractivity contribution in [1.82, 2.24) is 15.1 Å². The van der Waals surface area contributed by atoms with Gasteiger partial charge < -0.3 is 19.5 Å². The molecule has 0 fully saturated rings. The lowest BCUT2D eigenvalue weighted by atomic mass is 9.96. The van der Waals surface area contributed by atoms with Crippen LogP contribution in [0.25, 0.3) is 0 Å². The Labute approximate surface area is 133 Å². The van der Waals surface area contributed by atoms with Gasteiger partial charge in [-0.3, -0.25) is 4.79 Å². The number of anilines is 2. The van der Waals surface area contributed by atoms with Crippen LogP contribution < -0.4 is 15.0 Å². The average Bonchev–Trinajstić information content (AvgIpc) is 2.99. The third-order valence-electron chi connectivity index (χ3n) is 3.77. The number of aromatic nitrogens is 3. The fourth-order valence-electron chi connectivity index (χ4n) is 2.63. The molecule has 2 aromatic rings. The van der Waals surface area contributed by atoms with Crippen LogP contribution in [0.2, 0.25) is 0 Å². The number of carbonyl (C=O) groups excluding carboxylic acids is 1. The molecule has 0 atom stereocenters. The van der Waals surface area contributed by atoms with Crippen molar-refractivity contribution in [3.05, 3.63) is 23.2 Å². The van der Waals surface area contributed by atoms with Crippen LogP contribution in [0.5, 0.6) is 6.01 Å². The molecule has 0 aliphatic heterocycles. The van der Waals surface area contributed by atoms with Gasteiger partial charge in [0.1, 0.15) is 11.4 Å². The highest BCUT2D eigenvalue weighted by Crippen LogP contribution is 2.27. The molecule has 1 amide bonds. The fraction of sp³-hybridized carbons (Fsp3) is 0.467. The molecule has 0 aromatic carbocycles. The quantitative estimate of drug-likeness (QED) is 0.916. The summed E-state index contributed by atoms with van der Waals surface area (Å²) in [6, 6.07) is 0.241. The zero-order valence-electron chi connectivity index (χ0n) is 13.4. The van der Waals surface area contributed by atoms with Gasteiger partial charge in [-0.1, -0.05) is 5.16 Å². The fourth-order valence-corrected chi connectivity index (χ4v) is 2.63. The van der Waals surface area contributed by atoms with Gasteiger partial charge in [-0.25, -0.2) is 4.98 Å². The van der Waals surface area contributed by atoms with E-state index in [1.165, 1.54) is 13.3 Å². The second-order valence-corrected chi connectivity index (χ2v) is 5.58. The molecule has 8 nitrogen and oxygen atoms in total. The third-order valence-corrected chi connectivity index (χ3v) is 3.77. The van der Waals surface area contributed by atoms with Crippen LogP contribution in [-0.4, -0.2) is 42.2 Å². The SMILES string of the molecule is COc1ncc(NC(=O)c2noc3c2CCCC3)c(N(C)C)n1. The molecule has 122 valence electrons. The summed E-state index contributed by atoms with van der Waals surface area (Å²) in [6.07, 6.45) is 5.29. The topological polar surface area (TPSA) is 93.4 Å². The monoisotopic (exact) mass is 317 g/mol. The lowest BCUT2D eigenvalue weighted by Crippen LogP contribution is -2.20. The van der Waals surface area contributed by atoms with Crippen LogP contribution in [0.3, 0.4) is 0 Å². The molecule has 1 N–H and O–H groups in total. The van der Waals surface area contributed by atoms with Crippen molar-refractivity contribution in [2.45, 2.75) is 25.7 Å². The number of amides is 1. The van der Waals surface area contributed by atoms with E-state index >= 15 is 0 Å². The lowest BCUT2D eigenvalue weighted by molar-refractivity contribution is 0.101. The highest BCUT2D eigenvalue weighted by molar-refractivity contribution is 6.05. The number of fused-ring (bicyclic) bond motifs is 1. The molecule has 0 radical (unpaired) electrons. The van der Waals surface area contributed by atoms with Crippen molar-refractivity contribution in [1.29, 1.82) is 0 Å². The van der Waals surface area contributed by atoms with Crippen molar-refractivity contribution in [3.8, 4) is 6.01 Å². The number of hydrogen-bond donors (Lipinski definition) is 1. The smallest absolute Gasteiger partial charge is 0.318 e. The number of carbonyl (C=O) groups is 1. The predicted molar refractivity (Wildman–Crippen MR) is 84.0 cm³/mol. The molecular weight excluding hydrogens is 298 g/mol. The molecule has 3 rings (SSSR count). The summed E-state index contributed by atoms with van der Waals surface area (Å²) in [6.45, 7) is 0. The molecule has 0 saturated heterocycles. The third kappa shape index (κ3) is 2.96. The average molecular weight is 317 g/mol. The van der Waals surface area contributed by atoms with E-state index in [4.69, 9.17) is 9.26 Å². The van der Waals surface area contributed by atoms with Crippen LogP contribution in [0.1, 0.15) is 34.7 Å². The van der Waals surface area contributed by atoms with Gasteiger partial charge in [0.25, 0.3) is 5.91 Å². The van der Waals surface area contributed by atoms with Gasteiger partial charge in [0.15, 0.2) is 11.5 Å². The van der Waals surface area contributed by atoms with Gasteiger partial charge in [0.2, 0.25) is 0 Å². The Kier molecular flexibility index (Phi) is 4.14. The molecule has 1 aliphatic rings. The highest BCUT2D eigenvalue weighted by atomic mass is 16.5. The normalized spacial score (nSPS) is 13.3. The Morgan fingerprint density at radius 3 is 2.87 bits per heavy atom. The maximum Gasteiger partial charge on any atom is 0.318 e. The van der Waals surface area contributed by atoms with Crippen LogP contribution in [0.4, 0.5) is 11.5 Å². The lowest BCUT2D eigenvalue weighted by Gasteiger charge is -2.16. The number of ether oxygens (including phenoxy) is 1. The minimum atomic E-state index is -0.311. The summed E-state index contributed by atoms with van der Waals surface area (Å²) < 4.78 is 10.3. The Hall–Kier alpha value is -2.64. The van der Waals surface area contributed by atoms with E-state index in [9.17, 15) is 4.79 Å². The molecule has 2 heterocycles. The van der Waals surface area contributed by atoms with E-state index < -0.39 is 0 Å². The van der Waals surface area contributed by atoms with Crippen molar-refractivity contribution in [2.24, 2.45) is 0 Å². The first-order chi connectivity index (χ1) is 11.1. The van der Waals surface area contributed by atoms with Gasteiger partial charge in [-0.05, 0) is 19.3 Å². The molecular formula is C15H19N5O3. The first kappa shape index (κ1) is 15.3. The second kappa shape index (κ2) is 6.23. The summed E-state index contributed by atoms with van der Waals surface area (Å²) in [7, 11) is 5.15. The summed E-state index contributed by atoms with van der Waals surface area (Å²) in [5, 5.41) is 6.75. The van der Waals surface area contributed by atoms with Crippen LogP contribution in [-0.2, 0) is 12.8 Å². The van der Waals surface area contributed by atoms with Gasteiger partial charge in [0, 0.05) is 26.1 Å². The maximum atomic E-state index is 12.5. The van der Waals surface area contributed by atoms with E-state index in [0.29, 0.717) is 17.2 Å². The van der Waals surface area contributed by atoms with E-state index in [1.807, 2.05) is 14.1 Å². The molecule has 0 spiro atoms. The number of nitrogens with one attached hydrogen (secondary N) is 1. The number of aryl methyl sites for hydroxylation is 1. The number of rotatable bonds is 4. The van der Waals surface area contributed by atoms with E-state index in [2.05, 4.69) is 20.4 Å². The first-order valence-electron chi connectivity index (χ1n) is 7.47. The van der Waals surface area contributed by atoms with Crippen molar-refractivity contribution in [3.63, 3.8) is 0 Å². The van der Waals surface area contributed by atoms with Gasteiger partial charge in [0.05, 0.1) is 13.3 Å². The van der Waals surface area contributed by atoms with Gasteiger partial charge >= 0.3 is 6.01 Å². The number of hydrogen-bond acceptors (Lipinski definition) is 7. The molecule has 0 bridgehead atoms. The Morgan fingerprint density at radius 1 is 1.35 bits per heavy atom. The number of methoxy groups -OCH3 is 1. The molecule has 2 aromatic heterocycles. The zero-order valence-corrected chi connectivity index (χ0v) is 13.4. The predicted octanol–water partition coefficient (Wildman–Crippen LogP) is 1.67. The minimum Gasteiger partial charge on any atom is -0.467 e. The van der Waals surface area contributed by atoms with Crippen LogP contribution in [0.15, 0.2) is 10.7 Å². The molecule has 0 saturated carbocycles. The molecule has 0 unspecified atom stereocenters. The number of nitrogens with zero attached hydrogens (tertiary/aromatic N) is 4. The van der Waals surface area contributed by atoms with E-state index in [0.717, 1.165) is 37.0 Å². The Bertz CT molecular complexity index is 726. The molecule has 1 aliphatic carbocycles.